The molecule has 1 saturated heterocycles. The van der Waals surface area contributed by atoms with Crippen LogP contribution in [0.1, 0.15) is 61.3 Å². The van der Waals surface area contributed by atoms with Crippen LogP contribution in [0.4, 0.5) is 0 Å². The average Bonchev–Trinajstić information content (AvgIpc) is 2.80. The highest BCUT2D eigenvalue weighted by atomic mass is 28.4. The van der Waals surface area contributed by atoms with Crippen molar-refractivity contribution < 1.29 is 39.5 Å². The Morgan fingerprint density at radius 3 is 2.11 bits per heavy atom. The number of carbonyl (C=O) groups excluding carboxylic acids is 1. The molecule has 1 heterocycles. The van der Waals surface area contributed by atoms with E-state index in [-0.39, 0.29) is 25.0 Å². The summed E-state index contributed by atoms with van der Waals surface area (Å²) in [7, 11) is -2.25. The number of rotatable bonds is 5. The molecule has 0 radical (unpaired) electrons. The zero-order chi connectivity index (χ0) is 26.4. The Labute approximate surface area is 209 Å². The number of carbonyl (C=O) groups is 1. The lowest BCUT2D eigenvalue weighted by molar-refractivity contribution is -0.343. The minimum Gasteiger partial charge on any atom is -0.413 e. The van der Waals surface area contributed by atoms with Gasteiger partial charge in [0.05, 0.1) is 36.4 Å². The third-order valence-corrected chi connectivity index (χ3v) is 15.4. The number of fused-ring (bicyclic) bond motifs is 5. The van der Waals surface area contributed by atoms with Gasteiger partial charge in [-0.1, -0.05) is 34.6 Å². The highest BCUT2D eigenvalue weighted by Gasteiger charge is 2.75. The molecule has 4 aliphatic rings. The van der Waals surface area contributed by atoms with Crippen molar-refractivity contribution >= 4 is 14.1 Å². The second-order valence-corrected chi connectivity index (χ2v) is 16.9. The van der Waals surface area contributed by atoms with Gasteiger partial charge in [0.2, 0.25) is 0 Å². The lowest BCUT2D eigenvalue weighted by atomic mass is 9.45. The van der Waals surface area contributed by atoms with Gasteiger partial charge in [-0.05, 0) is 43.1 Å². The average molecular weight is 513 g/mol. The molecule has 5 N–H and O–H groups in total. The predicted molar refractivity (Wildman–Crippen MR) is 132 cm³/mol. The summed E-state index contributed by atoms with van der Waals surface area (Å²) in [5.74, 6) is -1.70. The highest BCUT2D eigenvalue weighted by molar-refractivity contribution is 6.73. The first kappa shape index (κ1) is 27.4. The van der Waals surface area contributed by atoms with Crippen LogP contribution >= 0.6 is 0 Å². The van der Waals surface area contributed by atoms with Crippen LogP contribution < -0.4 is 0 Å². The van der Waals surface area contributed by atoms with Gasteiger partial charge >= 0.3 is 0 Å². The van der Waals surface area contributed by atoms with E-state index in [0.717, 1.165) is 18.1 Å². The molecule has 9 heteroatoms. The first-order chi connectivity index (χ1) is 16.1. The normalized spacial score (nSPS) is 47.4. The van der Waals surface area contributed by atoms with Crippen LogP contribution in [-0.2, 0) is 14.0 Å². The van der Waals surface area contributed by atoms with Crippen molar-refractivity contribution in [3.8, 4) is 0 Å². The van der Waals surface area contributed by atoms with Gasteiger partial charge in [0.1, 0.15) is 17.3 Å². The maximum Gasteiger partial charge on any atom is 0.192 e. The standard InChI is InChI=1S/C26H44O8Si/c1-8-35(9-2,10-3)34-16-11-17-25(31,13-33-17)20-22(30)26(32)12-15(27)14(4)18(23(26,5)6)19(28)21(29)24(16,20)7/h15-17,19-20,22,27-28,30-32H,8-13H2,1-7H3/t15-,16-,17+,19+,20-,22-,24+,25-,26+/m0/s1. The first-order valence-corrected chi connectivity index (χ1v) is 15.7. The summed E-state index contributed by atoms with van der Waals surface area (Å²) >= 11 is 0. The number of ketones is 1. The van der Waals surface area contributed by atoms with Gasteiger partial charge in [-0.15, -0.1) is 0 Å². The number of aliphatic hydroxyl groups excluding tert-OH is 3. The first-order valence-electron chi connectivity index (χ1n) is 13.1. The molecule has 0 aromatic rings. The van der Waals surface area contributed by atoms with E-state index in [1.165, 1.54) is 0 Å². The lowest BCUT2D eigenvalue weighted by Gasteiger charge is -2.67. The minimum atomic E-state index is -2.25. The summed E-state index contributed by atoms with van der Waals surface area (Å²) in [5, 5.41) is 58.3. The maximum atomic E-state index is 14.3. The molecule has 3 fully saturated rings. The summed E-state index contributed by atoms with van der Waals surface area (Å²) in [6.45, 7) is 12.9. The van der Waals surface area contributed by atoms with Crippen molar-refractivity contribution in [3.05, 3.63) is 11.1 Å². The fourth-order valence-corrected chi connectivity index (χ4v) is 10.8. The van der Waals surface area contributed by atoms with Crippen LogP contribution in [0.25, 0.3) is 0 Å². The Morgan fingerprint density at radius 2 is 1.63 bits per heavy atom. The van der Waals surface area contributed by atoms with Crippen molar-refractivity contribution in [1.82, 2.24) is 0 Å². The second kappa shape index (κ2) is 8.43. The van der Waals surface area contributed by atoms with Gasteiger partial charge in [0.15, 0.2) is 14.1 Å². The molecule has 8 nitrogen and oxygen atoms in total. The zero-order valence-electron chi connectivity index (χ0n) is 22.2. The van der Waals surface area contributed by atoms with Crippen molar-refractivity contribution in [2.45, 2.75) is 121 Å². The van der Waals surface area contributed by atoms with Crippen LogP contribution in [0, 0.1) is 16.7 Å². The molecule has 9 atom stereocenters. The largest absolute Gasteiger partial charge is 0.413 e. The molecule has 0 aromatic carbocycles. The summed E-state index contributed by atoms with van der Waals surface area (Å²) in [6, 6.07) is 2.54. The van der Waals surface area contributed by atoms with Crippen LogP contribution in [0.2, 0.25) is 18.1 Å². The second-order valence-electron chi connectivity index (χ2n) is 12.2. The van der Waals surface area contributed by atoms with Gasteiger partial charge in [0.25, 0.3) is 0 Å². The number of hydrogen-bond donors (Lipinski definition) is 5. The van der Waals surface area contributed by atoms with Crippen molar-refractivity contribution in [3.63, 3.8) is 0 Å². The Kier molecular flexibility index (Phi) is 6.59. The Hall–Kier alpha value is -0.653. The number of aliphatic hydroxyl groups is 5. The number of Topliss-reactive ketones (excluding diaryl/α,β-unsaturated/α-hetero) is 1. The molecule has 2 bridgehead atoms. The van der Waals surface area contributed by atoms with Gasteiger partial charge in [-0.3, -0.25) is 4.79 Å². The van der Waals surface area contributed by atoms with E-state index in [2.05, 4.69) is 20.8 Å². The highest BCUT2D eigenvalue weighted by Crippen LogP contribution is 2.63. The van der Waals surface area contributed by atoms with Crippen LogP contribution in [0.5, 0.6) is 0 Å². The fourth-order valence-electron chi connectivity index (χ4n) is 7.84. The summed E-state index contributed by atoms with van der Waals surface area (Å²) in [5.41, 5.74) is -5.50. The molecular weight excluding hydrogens is 468 g/mol. The van der Waals surface area contributed by atoms with Crippen molar-refractivity contribution in [1.29, 1.82) is 0 Å². The Balaban J connectivity index is 1.97. The molecule has 4 rings (SSSR count). The minimum absolute atomic E-state index is 0.0796. The number of hydrogen-bond acceptors (Lipinski definition) is 8. The Bertz CT molecular complexity index is 907. The predicted octanol–water partition coefficient (Wildman–Crippen LogP) is 1.68. The molecule has 0 unspecified atom stereocenters. The summed E-state index contributed by atoms with van der Waals surface area (Å²) in [4.78, 5) is 14.3. The van der Waals surface area contributed by atoms with Gasteiger partial charge in [-0.25, -0.2) is 0 Å². The third kappa shape index (κ3) is 3.32. The number of ether oxygens (including phenoxy) is 1. The lowest BCUT2D eigenvalue weighted by Crippen LogP contribution is -2.81. The van der Waals surface area contributed by atoms with E-state index in [1.807, 2.05) is 0 Å². The van der Waals surface area contributed by atoms with Crippen LogP contribution in [-0.4, -0.2) is 88.0 Å². The SMILES string of the molecule is CC[Si](CC)(CC)O[C@H]1C[C@H]2OC[C@@]2(O)[C@H]2[C@H](O)[C@]3(O)C[C@H](O)C(C)=C([C@@H](O)C(=O)[C@]12C)C3(C)C. The van der Waals surface area contributed by atoms with E-state index in [4.69, 9.17) is 9.16 Å². The molecule has 3 aliphatic carbocycles. The molecule has 35 heavy (non-hydrogen) atoms. The van der Waals surface area contributed by atoms with Crippen LogP contribution in [0.3, 0.4) is 0 Å². The third-order valence-electron chi connectivity index (χ3n) is 10.7. The van der Waals surface area contributed by atoms with Crippen molar-refractivity contribution in [2.24, 2.45) is 16.7 Å². The van der Waals surface area contributed by atoms with Crippen molar-refractivity contribution in [2.75, 3.05) is 6.61 Å². The zero-order valence-corrected chi connectivity index (χ0v) is 23.2. The van der Waals surface area contributed by atoms with E-state index in [9.17, 15) is 30.3 Å². The van der Waals surface area contributed by atoms with Gasteiger partial charge in [0, 0.05) is 24.2 Å². The van der Waals surface area contributed by atoms with E-state index < -0.39 is 72.6 Å². The molecular formula is C26H44O8Si. The molecule has 2 saturated carbocycles. The van der Waals surface area contributed by atoms with E-state index in [1.54, 1.807) is 27.7 Å². The fraction of sp³-hybridized carbons (Fsp3) is 0.885. The maximum absolute atomic E-state index is 14.3. The quantitative estimate of drug-likeness (QED) is 0.277. The van der Waals surface area contributed by atoms with Gasteiger partial charge in [-0.2, -0.15) is 0 Å². The monoisotopic (exact) mass is 512 g/mol. The molecule has 200 valence electrons. The smallest absolute Gasteiger partial charge is 0.192 e. The molecule has 1 aliphatic heterocycles. The summed E-state index contributed by atoms with van der Waals surface area (Å²) < 4.78 is 12.6. The van der Waals surface area contributed by atoms with E-state index in [0.29, 0.717) is 5.57 Å². The molecule has 0 aromatic heterocycles. The van der Waals surface area contributed by atoms with Gasteiger partial charge < -0.3 is 34.7 Å². The van der Waals surface area contributed by atoms with E-state index >= 15 is 0 Å². The topological polar surface area (TPSA) is 137 Å². The summed E-state index contributed by atoms with van der Waals surface area (Å²) in [6.07, 6.45) is -5.57. The van der Waals surface area contributed by atoms with Crippen LogP contribution in [0.15, 0.2) is 11.1 Å². The Morgan fingerprint density at radius 1 is 1.06 bits per heavy atom. The molecule has 0 amide bonds. The molecule has 0 spiro atoms.